The molecule has 0 spiro atoms. The number of benzene rings is 1. The Labute approximate surface area is 112 Å². The van der Waals surface area contributed by atoms with Crippen LogP contribution in [0.5, 0.6) is 0 Å². The van der Waals surface area contributed by atoms with Crippen molar-refractivity contribution in [3.8, 4) is 0 Å². The third kappa shape index (κ3) is 3.37. The van der Waals surface area contributed by atoms with Crippen LogP contribution in [0.4, 0.5) is 4.79 Å². The van der Waals surface area contributed by atoms with E-state index < -0.39 is 18.2 Å². The molecule has 1 aromatic rings. The summed E-state index contributed by atoms with van der Waals surface area (Å²) in [5.41, 5.74) is 0.630. The summed E-state index contributed by atoms with van der Waals surface area (Å²) in [5, 5.41) is 19.6. The Bertz CT molecular complexity index is 409. The van der Waals surface area contributed by atoms with Gasteiger partial charge in [-0.2, -0.15) is 0 Å². The van der Waals surface area contributed by atoms with E-state index in [4.69, 9.17) is 11.6 Å². The van der Waals surface area contributed by atoms with Gasteiger partial charge in [0.15, 0.2) is 0 Å². The van der Waals surface area contributed by atoms with Crippen LogP contribution in [0.25, 0.3) is 0 Å². The standard InChI is InChI=1S/C13H18ClNO3/c1-3-8-15(13(17)18)12(9(2)16)10-6-4-5-7-11(10)14/h4-7,9,12,16H,3,8H2,1-2H3,(H,17,18). The third-order valence-electron chi connectivity index (χ3n) is 2.73. The van der Waals surface area contributed by atoms with E-state index in [0.717, 1.165) is 0 Å². The van der Waals surface area contributed by atoms with Gasteiger partial charge in [0.25, 0.3) is 0 Å². The average molecular weight is 272 g/mol. The van der Waals surface area contributed by atoms with E-state index in [0.29, 0.717) is 23.6 Å². The summed E-state index contributed by atoms with van der Waals surface area (Å²) in [7, 11) is 0. The largest absolute Gasteiger partial charge is 0.465 e. The molecule has 0 aliphatic carbocycles. The molecule has 1 rings (SSSR count). The van der Waals surface area contributed by atoms with Gasteiger partial charge in [-0.15, -0.1) is 0 Å². The number of carboxylic acid groups (broad SMARTS) is 1. The summed E-state index contributed by atoms with van der Waals surface area (Å²) in [6.07, 6.45) is -1.20. The van der Waals surface area contributed by atoms with Crippen LogP contribution in [0.2, 0.25) is 5.02 Å². The van der Waals surface area contributed by atoms with Crippen LogP contribution in [0, 0.1) is 0 Å². The van der Waals surface area contributed by atoms with Crippen molar-refractivity contribution in [1.82, 2.24) is 4.90 Å². The Morgan fingerprint density at radius 1 is 1.44 bits per heavy atom. The van der Waals surface area contributed by atoms with E-state index in [-0.39, 0.29) is 0 Å². The van der Waals surface area contributed by atoms with E-state index in [1.807, 2.05) is 6.92 Å². The highest BCUT2D eigenvalue weighted by Gasteiger charge is 2.29. The van der Waals surface area contributed by atoms with E-state index in [2.05, 4.69) is 0 Å². The number of hydrogen-bond donors (Lipinski definition) is 2. The van der Waals surface area contributed by atoms with Crippen LogP contribution in [-0.4, -0.2) is 33.9 Å². The van der Waals surface area contributed by atoms with Crippen molar-refractivity contribution in [3.05, 3.63) is 34.9 Å². The maximum absolute atomic E-state index is 11.3. The molecule has 0 fully saturated rings. The van der Waals surface area contributed by atoms with Crippen molar-refractivity contribution >= 4 is 17.7 Å². The smallest absolute Gasteiger partial charge is 0.407 e. The number of nitrogens with zero attached hydrogens (tertiary/aromatic N) is 1. The van der Waals surface area contributed by atoms with Crippen molar-refractivity contribution in [2.75, 3.05) is 6.54 Å². The zero-order valence-corrected chi connectivity index (χ0v) is 11.3. The molecule has 0 saturated carbocycles. The second-order valence-electron chi connectivity index (χ2n) is 4.18. The van der Waals surface area contributed by atoms with Crippen LogP contribution < -0.4 is 0 Å². The molecule has 5 heteroatoms. The normalized spacial score (nSPS) is 14.0. The summed E-state index contributed by atoms with van der Waals surface area (Å²) in [6.45, 7) is 3.82. The number of aliphatic hydroxyl groups excluding tert-OH is 1. The lowest BCUT2D eigenvalue weighted by Gasteiger charge is -2.32. The van der Waals surface area contributed by atoms with Crippen molar-refractivity contribution in [2.45, 2.75) is 32.4 Å². The first kappa shape index (κ1) is 14.8. The predicted molar refractivity (Wildman–Crippen MR) is 70.9 cm³/mol. The topological polar surface area (TPSA) is 60.8 Å². The van der Waals surface area contributed by atoms with Crippen LogP contribution >= 0.6 is 11.6 Å². The molecule has 2 N–H and O–H groups in total. The molecule has 0 radical (unpaired) electrons. The second kappa shape index (κ2) is 6.61. The summed E-state index contributed by atoms with van der Waals surface area (Å²) >= 11 is 6.08. The molecule has 0 bridgehead atoms. The van der Waals surface area contributed by atoms with Gasteiger partial charge in [-0.05, 0) is 25.0 Å². The molecule has 100 valence electrons. The lowest BCUT2D eigenvalue weighted by molar-refractivity contribution is 0.0568. The van der Waals surface area contributed by atoms with Gasteiger partial charge in [0, 0.05) is 11.6 Å². The predicted octanol–water partition coefficient (Wildman–Crippen LogP) is 3.15. The van der Waals surface area contributed by atoms with Crippen LogP contribution in [-0.2, 0) is 0 Å². The summed E-state index contributed by atoms with van der Waals surface area (Å²) in [4.78, 5) is 12.5. The van der Waals surface area contributed by atoms with Gasteiger partial charge in [0.05, 0.1) is 12.1 Å². The fraction of sp³-hybridized carbons (Fsp3) is 0.462. The number of halogens is 1. The molecule has 2 unspecified atom stereocenters. The minimum Gasteiger partial charge on any atom is -0.465 e. The zero-order chi connectivity index (χ0) is 13.7. The number of rotatable bonds is 5. The third-order valence-corrected chi connectivity index (χ3v) is 3.07. The van der Waals surface area contributed by atoms with Crippen LogP contribution in [0.3, 0.4) is 0 Å². The molecule has 0 aromatic heterocycles. The molecule has 2 atom stereocenters. The highest BCUT2D eigenvalue weighted by molar-refractivity contribution is 6.31. The van der Waals surface area contributed by atoms with Crippen molar-refractivity contribution in [1.29, 1.82) is 0 Å². The molecule has 1 amide bonds. The van der Waals surface area contributed by atoms with E-state index in [1.165, 1.54) is 4.90 Å². The van der Waals surface area contributed by atoms with Gasteiger partial charge in [-0.3, -0.25) is 4.90 Å². The van der Waals surface area contributed by atoms with Crippen LogP contribution in [0.1, 0.15) is 31.9 Å². The summed E-state index contributed by atoms with van der Waals surface area (Å²) in [5.74, 6) is 0. The molecular weight excluding hydrogens is 254 g/mol. The fourth-order valence-corrected chi connectivity index (χ4v) is 2.25. The van der Waals surface area contributed by atoms with Gasteiger partial charge in [0.2, 0.25) is 0 Å². The quantitative estimate of drug-likeness (QED) is 0.865. The molecule has 0 aliphatic rings. The van der Waals surface area contributed by atoms with E-state index in [9.17, 15) is 15.0 Å². The molecule has 0 saturated heterocycles. The number of amides is 1. The first-order valence-corrected chi connectivity index (χ1v) is 6.28. The number of aliphatic hydroxyl groups is 1. The maximum Gasteiger partial charge on any atom is 0.407 e. The Morgan fingerprint density at radius 2 is 2.06 bits per heavy atom. The molecule has 4 nitrogen and oxygen atoms in total. The fourth-order valence-electron chi connectivity index (χ4n) is 2.00. The maximum atomic E-state index is 11.3. The number of hydrogen-bond acceptors (Lipinski definition) is 2. The SMILES string of the molecule is CCCN(C(=O)O)C(c1ccccc1Cl)C(C)O. The van der Waals surface area contributed by atoms with Crippen molar-refractivity contribution < 1.29 is 15.0 Å². The second-order valence-corrected chi connectivity index (χ2v) is 4.59. The van der Waals surface area contributed by atoms with Gasteiger partial charge < -0.3 is 10.2 Å². The Hall–Kier alpha value is -1.26. The van der Waals surface area contributed by atoms with Crippen molar-refractivity contribution in [3.63, 3.8) is 0 Å². The molecule has 18 heavy (non-hydrogen) atoms. The zero-order valence-electron chi connectivity index (χ0n) is 10.5. The van der Waals surface area contributed by atoms with Gasteiger partial charge in [-0.25, -0.2) is 4.79 Å². The van der Waals surface area contributed by atoms with E-state index in [1.54, 1.807) is 31.2 Å². The van der Waals surface area contributed by atoms with Crippen molar-refractivity contribution in [2.24, 2.45) is 0 Å². The summed E-state index contributed by atoms with van der Waals surface area (Å²) in [6, 6.07) is 6.35. The van der Waals surface area contributed by atoms with Gasteiger partial charge >= 0.3 is 6.09 Å². The minimum atomic E-state index is -1.05. The van der Waals surface area contributed by atoms with Gasteiger partial charge in [0.1, 0.15) is 0 Å². The molecular formula is C13H18ClNO3. The first-order valence-electron chi connectivity index (χ1n) is 5.91. The van der Waals surface area contributed by atoms with Crippen LogP contribution in [0.15, 0.2) is 24.3 Å². The van der Waals surface area contributed by atoms with Gasteiger partial charge in [-0.1, -0.05) is 36.7 Å². The molecule has 0 aliphatic heterocycles. The minimum absolute atomic E-state index is 0.357. The lowest BCUT2D eigenvalue weighted by atomic mass is 10.0. The Balaban J connectivity index is 3.16. The summed E-state index contributed by atoms with van der Waals surface area (Å²) < 4.78 is 0. The van der Waals surface area contributed by atoms with E-state index >= 15 is 0 Å². The molecule has 1 aromatic carbocycles. The highest BCUT2D eigenvalue weighted by atomic mass is 35.5. The molecule has 0 heterocycles. The first-order chi connectivity index (χ1) is 8.49. The monoisotopic (exact) mass is 271 g/mol. The Morgan fingerprint density at radius 3 is 2.50 bits per heavy atom. The highest BCUT2D eigenvalue weighted by Crippen LogP contribution is 2.30. The lowest BCUT2D eigenvalue weighted by Crippen LogP contribution is -2.39. The number of carbonyl (C=O) groups is 1. The average Bonchev–Trinajstić information content (AvgIpc) is 2.30. The Kier molecular flexibility index (Phi) is 5.44.